The summed E-state index contributed by atoms with van der Waals surface area (Å²) in [6, 6.07) is 0.785. The van der Waals surface area contributed by atoms with E-state index in [-0.39, 0.29) is 5.56 Å². The first-order valence-corrected chi connectivity index (χ1v) is 3.70. The van der Waals surface area contributed by atoms with Gasteiger partial charge in [0.05, 0.1) is 7.11 Å². The monoisotopic (exact) mass is 208 g/mol. The second-order valence-electron chi connectivity index (χ2n) is 2.34. The zero-order valence-corrected chi connectivity index (χ0v) is 8.07. The number of methoxy groups -OCH3 is 1. The number of halogens is 3. The number of aliphatic hydroxyl groups is 1. The molecule has 0 saturated heterocycles. The Hall–Kier alpha value is -1.23. The first-order valence-electron chi connectivity index (χ1n) is 3.70. The van der Waals surface area contributed by atoms with E-state index in [1.807, 2.05) is 0 Å². The van der Waals surface area contributed by atoms with Gasteiger partial charge < -0.3 is 9.84 Å². The van der Waals surface area contributed by atoms with Crippen molar-refractivity contribution in [3.05, 3.63) is 29.1 Å². The lowest BCUT2D eigenvalue weighted by atomic mass is 10.2. The molecule has 2 nitrogen and oxygen atoms in total. The summed E-state index contributed by atoms with van der Waals surface area (Å²) in [4.78, 5) is 0. The Morgan fingerprint density at radius 2 is 1.64 bits per heavy atom. The van der Waals surface area contributed by atoms with Crippen LogP contribution in [0, 0.1) is 24.4 Å². The van der Waals surface area contributed by atoms with Gasteiger partial charge in [0, 0.05) is 7.11 Å². The predicted octanol–water partition coefficient (Wildman–Crippen LogP) is 2.03. The molecule has 0 spiro atoms. The maximum atomic E-state index is 12.9. The fraction of sp³-hybridized carbons (Fsp3) is 0.333. The third-order valence-corrected chi connectivity index (χ3v) is 1.50. The van der Waals surface area contributed by atoms with Gasteiger partial charge in [-0.05, 0) is 18.6 Å². The lowest BCUT2D eigenvalue weighted by molar-refractivity contribution is 0.345. The highest BCUT2D eigenvalue weighted by Crippen LogP contribution is 2.25. The molecule has 1 aromatic rings. The van der Waals surface area contributed by atoms with Crippen molar-refractivity contribution < 1.29 is 23.0 Å². The van der Waals surface area contributed by atoms with Crippen LogP contribution in [0.2, 0.25) is 0 Å². The third-order valence-electron chi connectivity index (χ3n) is 1.50. The van der Waals surface area contributed by atoms with E-state index < -0.39 is 23.2 Å². The molecule has 80 valence electrons. The molecule has 0 atom stereocenters. The van der Waals surface area contributed by atoms with Crippen LogP contribution in [0.4, 0.5) is 13.2 Å². The third kappa shape index (κ3) is 2.38. The van der Waals surface area contributed by atoms with Gasteiger partial charge in [0.25, 0.3) is 0 Å². The standard InChI is InChI=1S/C8H7F3O.CH4O/c1-4-3-5(9)7(11)8(12-2)6(4)10;1-2/h3H,1-2H3;2H,1H3. The second-order valence-corrected chi connectivity index (χ2v) is 2.34. The maximum Gasteiger partial charge on any atom is 0.203 e. The van der Waals surface area contributed by atoms with Crippen LogP contribution in [0.1, 0.15) is 5.56 Å². The van der Waals surface area contributed by atoms with Gasteiger partial charge in [-0.3, -0.25) is 0 Å². The van der Waals surface area contributed by atoms with E-state index in [9.17, 15) is 13.2 Å². The topological polar surface area (TPSA) is 29.5 Å². The zero-order valence-electron chi connectivity index (χ0n) is 8.07. The Kier molecular flexibility index (Phi) is 5.01. The van der Waals surface area contributed by atoms with E-state index in [4.69, 9.17) is 5.11 Å². The van der Waals surface area contributed by atoms with Crippen molar-refractivity contribution in [3.63, 3.8) is 0 Å². The van der Waals surface area contributed by atoms with Crippen molar-refractivity contribution in [2.45, 2.75) is 6.92 Å². The van der Waals surface area contributed by atoms with E-state index in [0.29, 0.717) is 0 Å². The van der Waals surface area contributed by atoms with Gasteiger partial charge in [-0.25, -0.2) is 8.78 Å². The van der Waals surface area contributed by atoms with E-state index in [2.05, 4.69) is 4.74 Å². The molecule has 0 unspecified atom stereocenters. The van der Waals surface area contributed by atoms with Crippen molar-refractivity contribution in [2.24, 2.45) is 0 Å². The van der Waals surface area contributed by atoms with Crippen LogP contribution in [0.15, 0.2) is 6.07 Å². The predicted molar refractivity (Wildman–Crippen MR) is 45.7 cm³/mol. The number of hydrogen-bond acceptors (Lipinski definition) is 2. The molecule has 0 amide bonds. The van der Waals surface area contributed by atoms with Gasteiger partial charge >= 0.3 is 0 Å². The molecule has 1 N–H and O–H groups in total. The lowest BCUT2D eigenvalue weighted by Gasteiger charge is -2.05. The van der Waals surface area contributed by atoms with Crippen LogP contribution in [-0.4, -0.2) is 19.3 Å². The summed E-state index contributed by atoms with van der Waals surface area (Å²) in [6.07, 6.45) is 0. The molecule has 1 rings (SSSR count). The van der Waals surface area contributed by atoms with Crippen molar-refractivity contribution in [1.82, 2.24) is 0 Å². The Bertz CT molecular complexity index is 287. The Morgan fingerprint density at radius 3 is 2.07 bits per heavy atom. The fourth-order valence-corrected chi connectivity index (χ4v) is 0.880. The van der Waals surface area contributed by atoms with Crippen LogP contribution in [-0.2, 0) is 0 Å². The summed E-state index contributed by atoms with van der Waals surface area (Å²) < 4.78 is 42.5. The van der Waals surface area contributed by atoms with Crippen LogP contribution in [0.3, 0.4) is 0 Å². The largest absolute Gasteiger partial charge is 0.491 e. The van der Waals surface area contributed by atoms with Crippen molar-refractivity contribution >= 4 is 0 Å². The molecule has 0 radical (unpaired) electrons. The van der Waals surface area contributed by atoms with Gasteiger partial charge in [0.2, 0.25) is 5.82 Å². The van der Waals surface area contributed by atoms with E-state index >= 15 is 0 Å². The minimum atomic E-state index is -1.29. The minimum Gasteiger partial charge on any atom is -0.491 e. The summed E-state index contributed by atoms with van der Waals surface area (Å²) in [6.45, 7) is 1.33. The first kappa shape index (κ1) is 12.8. The summed E-state index contributed by atoms with van der Waals surface area (Å²) in [5, 5.41) is 7.00. The number of rotatable bonds is 1. The molecule has 5 heteroatoms. The Morgan fingerprint density at radius 1 is 1.14 bits per heavy atom. The highest BCUT2D eigenvalue weighted by molar-refractivity contribution is 5.32. The van der Waals surface area contributed by atoms with E-state index in [1.54, 1.807) is 0 Å². The smallest absolute Gasteiger partial charge is 0.203 e. The summed E-state index contributed by atoms with van der Waals surface area (Å²) in [7, 11) is 2.08. The molecule has 0 aliphatic heterocycles. The van der Waals surface area contributed by atoms with Crippen LogP contribution >= 0.6 is 0 Å². The lowest BCUT2D eigenvalue weighted by Crippen LogP contribution is -1.98. The van der Waals surface area contributed by atoms with Crippen molar-refractivity contribution in [1.29, 1.82) is 0 Å². The molecular formula is C9H11F3O2. The highest BCUT2D eigenvalue weighted by atomic mass is 19.2. The Labute approximate surface area is 79.9 Å². The van der Waals surface area contributed by atoms with Gasteiger partial charge in [-0.2, -0.15) is 4.39 Å². The van der Waals surface area contributed by atoms with E-state index in [0.717, 1.165) is 20.3 Å². The molecule has 0 heterocycles. The van der Waals surface area contributed by atoms with Crippen LogP contribution < -0.4 is 4.74 Å². The average molecular weight is 208 g/mol. The summed E-state index contributed by atoms with van der Waals surface area (Å²) >= 11 is 0. The number of benzene rings is 1. The van der Waals surface area contributed by atoms with Crippen molar-refractivity contribution in [2.75, 3.05) is 14.2 Å². The molecule has 0 aliphatic rings. The minimum absolute atomic E-state index is 0.0192. The zero-order chi connectivity index (χ0) is 11.3. The number of aliphatic hydroxyl groups excluding tert-OH is 1. The van der Waals surface area contributed by atoms with Gasteiger partial charge in [0.15, 0.2) is 17.4 Å². The molecule has 0 aliphatic carbocycles. The molecular weight excluding hydrogens is 197 g/mol. The van der Waals surface area contributed by atoms with Crippen LogP contribution in [0.5, 0.6) is 5.75 Å². The molecule has 14 heavy (non-hydrogen) atoms. The summed E-state index contributed by atoms with van der Waals surface area (Å²) in [5.41, 5.74) is 0.0192. The fourth-order valence-electron chi connectivity index (χ4n) is 0.880. The quantitative estimate of drug-likeness (QED) is 0.715. The normalized spacial score (nSPS) is 9.07. The maximum absolute atomic E-state index is 12.9. The van der Waals surface area contributed by atoms with Gasteiger partial charge in [0.1, 0.15) is 0 Å². The molecule has 0 saturated carbocycles. The average Bonchev–Trinajstić information content (AvgIpc) is 2.19. The van der Waals surface area contributed by atoms with Gasteiger partial charge in [-0.15, -0.1) is 0 Å². The van der Waals surface area contributed by atoms with Crippen molar-refractivity contribution in [3.8, 4) is 5.75 Å². The Balaban J connectivity index is 0.000000791. The first-order chi connectivity index (χ1) is 6.57. The van der Waals surface area contributed by atoms with E-state index in [1.165, 1.54) is 6.92 Å². The second kappa shape index (κ2) is 5.49. The van der Waals surface area contributed by atoms with Crippen LogP contribution in [0.25, 0.3) is 0 Å². The highest BCUT2D eigenvalue weighted by Gasteiger charge is 2.16. The number of ether oxygens (including phenoxy) is 1. The summed E-state index contributed by atoms with van der Waals surface area (Å²) in [5.74, 6) is -3.93. The molecule has 0 aromatic heterocycles. The van der Waals surface area contributed by atoms with Gasteiger partial charge in [-0.1, -0.05) is 0 Å². The molecule has 0 fully saturated rings. The SMILES string of the molecule is CO.COc1c(F)c(C)cc(F)c1F. The number of hydrogen-bond donors (Lipinski definition) is 1. The molecule has 0 bridgehead atoms. The number of aryl methyl sites for hydroxylation is 1. The molecule has 1 aromatic carbocycles.